The molecule has 0 amide bonds. The van der Waals surface area contributed by atoms with Gasteiger partial charge >= 0.3 is 0 Å². The van der Waals surface area contributed by atoms with Gasteiger partial charge < -0.3 is 20.1 Å². The van der Waals surface area contributed by atoms with E-state index in [1.54, 1.807) is 6.92 Å². The Hall–Kier alpha value is -0.160. The summed E-state index contributed by atoms with van der Waals surface area (Å²) in [5.41, 5.74) is 0. The van der Waals surface area contributed by atoms with Gasteiger partial charge in [-0.25, -0.2) is 0 Å². The highest BCUT2D eigenvalue weighted by molar-refractivity contribution is 4.87. The molecule has 1 aliphatic rings. The molecule has 1 unspecified atom stereocenters. The molecule has 0 radical (unpaired) electrons. The number of ether oxygens (including phenoxy) is 1. The van der Waals surface area contributed by atoms with E-state index in [-0.39, 0.29) is 31.3 Å². The summed E-state index contributed by atoms with van der Waals surface area (Å²) >= 11 is 0. The van der Waals surface area contributed by atoms with Crippen LogP contribution in [0.5, 0.6) is 0 Å². The fourth-order valence-corrected chi connectivity index (χ4v) is 1.71. The predicted molar refractivity (Wildman–Crippen MR) is 42.6 cm³/mol. The highest BCUT2D eigenvalue weighted by Gasteiger charge is 2.40. The van der Waals surface area contributed by atoms with Crippen LogP contribution < -0.4 is 0 Å². The summed E-state index contributed by atoms with van der Waals surface area (Å²) in [5, 5.41) is 27.1. The Balaban J connectivity index is 2.53. The number of aliphatic hydroxyl groups excluding tert-OH is 3. The first-order valence-corrected chi connectivity index (χ1v) is 4.26. The molecule has 0 bridgehead atoms. The van der Waals surface area contributed by atoms with Gasteiger partial charge in [-0.2, -0.15) is 0 Å². The molecule has 1 aliphatic heterocycles. The van der Waals surface area contributed by atoms with Crippen molar-refractivity contribution in [2.75, 3.05) is 13.2 Å². The van der Waals surface area contributed by atoms with Crippen molar-refractivity contribution in [1.29, 1.82) is 0 Å². The third kappa shape index (κ3) is 1.77. The quantitative estimate of drug-likeness (QED) is 0.522. The van der Waals surface area contributed by atoms with E-state index in [0.717, 1.165) is 0 Å². The summed E-state index contributed by atoms with van der Waals surface area (Å²) in [4.78, 5) is 0. The highest BCUT2D eigenvalue weighted by atomic mass is 16.5. The Morgan fingerprint density at radius 3 is 2.50 bits per heavy atom. The molecule has 1 heterocycles. The van der Waals surface area contributed by atoms with E-state index in [0.29, 0.717) is 6.42 Å². The van der Waals surface area contributed by atoms with Crippen LogP contribution in [0.4, 0.5) is 0 Å². The van der Waals surface area contributed by atoms with Crippen LogP contribution in [0.25, 0.3) is 0 Å². The van der Waals surface area contributed by atoms with E-state index in [4.69, 9.17) is 14.9 Å². The van der Waals surface area contributed by atoms with E-state index in [1.807, 2.05) is 0 Å². The molecule has 1 saturated heterocycles. The third-order valence-electron chi connectivity index (χ3n) is 2.43. The van der Waals surface area contributed by atoms with Gasteiger partial charge in [0.15, 0.2) is 0 Å². The van der Waals surface area contributed by atoms with Gasteiger partial charge in [-0.05, 0) is 13.3 Å². The number of hydrogen-bond acceptors (Lipinski definition) is 4. The van der Waals surface area contributed by atoms with Gasteiger partial charge in [0.25, 0.3) is 0 Å². The molecule has 1 fully saturated rings. The average molecular weight is 176 g/mol. The average Bonchev–Trinajstić information content (AvgIpc) is 2.33. The third-order valence-corrected chi connectivity index (χ3v) is 2.43. The summed E-state index contributed by atoms with van der Waals surface area (Å²) in [6.45, 7) is 1.70. The zero-order valence-electron chi connectivity index (χ0n) is 7.18. The van der Waals surface area contributed by atoms with Crippen LogP contribution >= 0.6 is 0 Å². The molecular formula is C8H16O4. The molecule has 0 aromatic carbocycles. The minimum Gasteiger partial charge on any atom is -0.396 e. The van der Waals surface area contributed by atoms with Crippen LogP contribution in [-0.4, -0.2) is 46.8 Å². The van der Waals surface area contributed by atoms with Crippen molar-refractivity contribution >= 4 is 0 Å². The second-order valence-electron chi connectivity index (χ2n) is 3.23. The molecule has 0 aliphatic carbocycles. The Kier molecular flexibility index (Phi) is 3.46. The molecule has 0 aromatic heterocycles. The van der Waals surface area contributed by atoms with E-state index < -0.39 is 6.10 Å². The minimum absolute atomic E-state index is 0.0221. The maximum Gasteiger partial charge on any atom is 0.0865 e. The maximum atomic E-state index is 9.54. The van der Waals surface area contributed by atoms with Gasteiger partial charge in [0.2, 0.25) is 0 Å². The largest absolute Gasteiger partial charge is 0.396 e. The first kappa shape index (κ1) is 9.92. The molecule has 4 nitrogen and oxygen atoms in total. The molecule has 3 N–H and O–H groups in total. The van der Waals surface area contributed by atoms with Crippen molar-refractivity contribution in [3.8, 4) is 0 Å². The van der Waals surface area contributed by atoms with Crippen LogP contribution in [0.1, 0.15) is 13.3 Å². The Morgan fingerprint density at radius 1 is 1.33 bits per heavy atom. The zero-order chi connectivity index (χ0) is 9.14. The zero-order valence-corrected chi connectivity index (χ0v) is 7.18. The van der Waals surface area contributed by atoms with E-state index >= 15 is 0 Å². The maximum absolute atomic E-state index is 9.54. The standard InChI is InChI=1S/C8H16O4/c1-5-8(11)6(2-3-9)7(4-10)12-5/h5-11H,2-4H2,1H3/t5-,6-,7+,8?/m0/s1. The Morgan fingerprint density at radius 2 is 2.00 bits per heavy atom. The molecule has 0 spiro atoms. The van der Waals surface area contributed by atoms with Gasteiger partial charge in [0.05, 0.1) is 24.9 Å². The first-order valence-electron chi connectivity index (χ1n) is 4.26. The van der Waals surface area contributed by atoms with Crippen molar-refractivity contribution in [1.82, 2.24) is 0 Å². The summed E-state index contributed by atoms with van der Waals surface area (Å²) in [6.07, 6.45) is -0.633. The first-order chi connectivity index (χ1) is 5.70. The number of aliphatic hydroxyl groups is 3. The molecule has 0 aromatic rings. The smallest absolute Gasteiger partial charge is 0.0865 e. The molecule has 4 heteroatoms. The minimum atomic E-state index is -0.561. The van der Waals surface area contributed by atoms with Crippen molar-refractivity contribution in [3.63, 3.8) is 0 Å². The molecule has 0 saturated carbocycles. The lowest BCUT2D eigenvalue weighted by molar-refractivity contribution is -0.00325. The lowest BCUT2D eigenvalue weighted by atomic mass is 9.94. The molecule has 72 valence electrons. The van der Waals surface area contributed by atoms with Gasteiger partial charge in [-0.15, -0.1) is 0 Å². The lowest BCUT2D eigenvalue weighted by Crippen LogP contribution is -2.28. The van der Waals surface area contributed by atoms with Crippen LogP contribution in [0.2, 0.25) is 0 Å². The van der Waals surface area contributed by atoms with E-state index in [1.165, 1.54) is 0 Å². The second-order valence-corrected chi connectivity index (χ2v) is 3.23. The highest BCUT2D eigenvalue weighted by Crippen LogP contribution is 2.28. The Bertz CT molecular complexity index is 139. The van der Waals surface area contributed by atoms with E-state index in [9.17, 15) is 5.11 Å². The summed E-state index contributed by atoms with van der Waals surface area (Å²) in [7, 11) is 0. The van der Waals surface area contributed by atoms with Crippen molar-refractivity contribution < 1.29 is 20.1 Å². The normalized spacial score (nSPS) is 42.0. The fourth-order valence-electron chi connectivity index (χ4n) is 1.71. The Labute approximate surface area is 71.8 Å². The van der Waals surface area contributed by atoms with Gasteiger partial charge in [-0.3, -0.25) is 0 Å². The number of hydrogen-bond donors (Lipinski definition) is 3. The van der Waals surface area contributed by atoms with E-state index in [2.05, 4.69) is 0 Å². The summed E-state index contributed by atoms with van der Waals surface area (Å²) in [5.74, 6) is -0.130. The summed E-state index contributed by atoms with van der Waals surface area (Å²) < 4.78 is 5.28. The number of rotatable bonds is 3. The fraction of sp³-hybridized carbons (Fsp3) is 1.00. The lowest BCUT2D eigenvalue weighted by Gasteiger charge is -2.16. The van der Waals surface area contributed by atoms with Crippen LogP contribution in [0.15, 0.2) is 0 Å². The van der Waals surface area contributed by atoms with Crippen molar-refractivity contribution in [2.45, 2.75) is 31.7 Å². The van der Waals surface area contributed by atoms with Crippen molar-refractivity contribution in [2.24, 2.45) is 5.92 Å². The topological polar surface area (TPSA) is 69.9 Å². The predicted octanol–water partition coefficient (Wildman–Crippen LogP) is -0.875. The summed E-state index contributed by atoms with van der Waals surface area (Å²) in [6, 6.07) is 0. The molecular weight excluding hydrogens is 160 g/mol. The van der Waals surface area contributed by atoms with Crippen LogP contribution in [0, 0.1) is 5.92 Å². The molecule has 12 heavy (non-hydrogen) atoms. The van der Waals surface area contributed by atoms with Crippen molar-refractivity contribution in [3.05, 3.63) is 0 Å². The van der Waals surface area contributed by atoms with Crippen LogP contribution in [0.3, 0.4) is 0 Å². The monoisotopic (exact) mass is 176 g/mol. The van der Waals surface area contributed by atoms with Gasteiger partial charge in [0, 0.05) is 12.5 Å². The molecule has 1 rings (SSSR count). The SMILES string of the molecule is C[C@@H]1O[C@H](CO)[C@H](CCO)C1O. The van der Waals surface area contributed by atoms with Gasteiger partial charge in [-0.1, -0.05) is 0 Å². The molecule has 4 atom stereocenters. The second kappa shape index (κ2) is 4.18. The van der Waals surface area contributed by atoms with Gasteiger partial charge in [0.1, 0.15) is 0 Å². The van der Waals surface area contributed by atoms with Crippen LogP contribution in [-0.2, 0) is 4.74 Å².